The van der Waals surface area contributed by atoms with E-state index in [4.69, 9.17) is 0 Å². The number of para-hydroxylation sites is 1. The van der Waals surface area contributed by atoms with Crippen molar-refractivity contribution < 1.29 is 4.79 Å². The van der Waals surface area contributed by atoms with Gasteiger partial charge in [0.2, 0.25) is 5.91 Å². The van der Waals surface area contributed by atoms with Gasteiger partial charge >= 0.3 is 0 Å². The molecule has 2 heterocycles. The van der Waals surface area contributed by atoms with Crippen LogP contribution < -0.4 is 5.32 Å². The number of aromatic nitrogens is 2. The van der Waals surface area contributed by atoms with Gasteiger partial charge in [-0.1, -0.05) is 72.8 Å². The Hall–Kier alpha value is -3.60. The van der Waals surface area contributed by atoms with E-state index in [9.17, 15) is 4.79 Å². The van der Waals surface area contributed by atoms with Gasteiger partial charge in [-0.3, -0.25) is 9.89 Å². The van der Waals surface area contributed by atoms with Gasteiger partial charge < -0.3 is 10.2 Å². The summed E-state index contributed by atoms with van der Waals surface area (Å²) in [5, 5.41) is 12.3. The van der Waals surface area contributed by atoms with Crippen LogP contribution in [0.15, 0.2) is 84.9 Å². The summed E-state index contributed by atoms with van der Waals surface area (Å²) < 4.78 is 0. The third-order valence-corrected chi connectivity index (χ3v) is 6.99. The van der Waals surface area contributed by atoms with E-state index in [1.165, 1.54) is 11.1 Å². The second-order valence-corrected chi connectivity index (χ2v) is 8.98. The molecule has 2 N–H and O–H groups in total. The van der Waals surface area contributed by atoms with E-state index in [-0.39, 0.29) is 11.3 Å². The van der Waals surface area contributed by atoms with Crippen LogP contribution in [0, 0.1) is 0 Å². The predicted molar refractivity (Wildman–Crippen MR) is 133 cm³/mol. The van der Waals surface area contributed by atoms with E-state index in [2.05, 4.69) is 64.0 Å². The Labute approximate surface area is 194 Å². The Balaban J connectivity index is 1.27. The fourth-order valence-electron chi connectivity index (χ4n) is 4.95. The van der Waals surface area contributed by atoms with Crippen LogP contribution in [0.4, 0.5) is 5.82 Å². The van der Waals surface area contributed by atoms with Crippen LogP contribution in [0.2, 0.25) is 0 Å². The first-order chi connectivity index (χ1) is 16.2. The number of H-pyrrole nitrogens is 1. The summed E-state index contributed by atoms with van der Waals surface area (Å²) in [5.74, 6) is 1.15. The number of benzene rings is 3. The van der Waals surface area contributed by atoms with Crippen molar-refractivity contribution in [2.24, 2.45) is 0 Å². The summed E-state index contributed by atoms with van der Waals surface area (Å²) >= 11 is 0. The minimum Gasteiger partial charge on any atom is -0.367 e. The lowest BCUT2D eigenvalue weighted by Crippen LogP contribution is -2.48. The number of aromatic amines is 1. The summed E-state index contributed by atoms with van der Waals surface area (Å²) in [6.07, 6.45) is 3.24. The highest BCUT2D eigenvalue weighted by Gasteiger charge is 2.37. The molecule has 1 aliphatic rings. The minimum atomic E-state index is -0.0302. The number of rotatable bonds is 7. The van der Waals surface area contributed by atoms with Crippen LogP contribution >= 0.6 is 0 Å². The van der Waals surface area contributed by atoms with Gasteiger partial charge in [0.1, 0.15) is 0 Å². The molecule has 0 atom stereocenters. The fraction of sp³-hybridized carbons (Fsp3) is 0.286. The summed E-state index contributed by atoms with van der Waals surface area (Å²) in [7, 11) is 0. The molecule has 1 aliphatic heterocycles. The first-order valence-electron chi connectivity index (χ1n) is 11.8. The van der Waals surface area contributed by atoms with Crippen LogP contribution in [0.25, 0.3) is 10.9 Å². The summed E-state index contributed by atoms with van der Waals surface area (Å²) in [6.45, 7) is 2.36. The van der Waals surface area contributed by atoms with E-state index < -0.39 is 0 Å². The maximum Gasteiger partial charge on any atom is 0.222 e. The second-order valence-electron chi connectivity index (χ2n) is 8.98. The maximum absolute atomic E-state index is 12.9. The summed E-state index contributed by atoms with van der Waals surface area (Å²) in [4.78, 5) is 15.0. The first-order valence-corrected chi connectivity index (χ1v) is 11.8. The highest BCUT2D eigenvalue weighted by molar-refractivity contribution is 5.89. The third-order valence-electron chi connectivity index (χ3n) is 6.99. The predicted octanol–water partition coefficient (Wildman–Crippen LogP) is 5.17. The molecular weight excluding hydrogens is 408 g/mol. The number of aryl methyl sites for hydroxylation is 1. The monoisotopic (exact) mass is 438 g/mol. The van der Waals surface area contributed by atoms with Crippen LogP contribution in [0.3, 0.4) is 0 Å². The van der Waals surface area contributed by atoms with Gasteiger partial charge in [0.25, 0.3) is 0 Å². The zero-order valence-corrected chi connectivity index (χ0v) is 18.8. The number of hydrogen-bond acceptors (Lipinski definition) is 3. The summed E-state index contributed by atoms with van der Waals surface area (Å²) in [5.41, 5.74) is 3.55. The molecule has 33 heavy (non-hydrogen) atoms. The molecule has 1 saturated heterocycles. The largest absolute Gasteiger partial charge is 0.367 e. The molecule has 1 aromatic heterocycles. The smallest absolute Gasteiger partial charge is 0.222 e. The minimum absolute atomic E-state index is 0.0302. The Morgan fingerprint density at radius 2 is 1.58 bits per heavy atom. The lowest BCUT2D eigenvalue weighted by Gasteiger charge is -2.42. The van der Waals surface area contributed by atoms with E-state index >= 15 is 0 Å². The average Bonchev–Trinajstić information content (AvgIpc) is 3.31. The number of carbonyl (C=O) groups is 1. The molecule has 3 aromatic carbocycles. The van der Waals surface area contributed by atoms with E-state index in [1.54, 1.807) is 0 Å². The number of nitrogens with one attached hydrogen (secondary N) is 2. The fourth-order valence-corrected chi connectivity index (χ4v) is 4.95. The van der Waals surface area contributed by atoms with Gasteiger partial charge in [0, 0.05) is 36.9 Å². The topological polar surface area (TPSA) is 61.0 Å². The number of nitrogens with zero attached hydrogens (tertiary/aromatic N) is 2. The van der Waals surface area contributed by atoms with Gasteiger partial charge in [-0.15, -0.1) is 0 Å². The molecule has 0 spiro atoms. The van der Waals surface area contributed by atoms with Gasteiger partial charge in [0.15, 0.2) is 5.82 Å². The Morgan fingerprint density at radius 3 is 2.33 bits per heavy atom. The SMILES string of the molecule is O=C(CCc1ccccc1)N1CCC(CNc2n[nH]c3ccccc23)(c2ccccc2)CC1. The lowest BCUT2D eigenvalue weighted by molar-refractivity contribution is -0.132. The van der Waals surface area contributed by atoms with Crippen molar-refractivity contribution in [3.63, 3.8) is 0 Å². The highest BCUT2D eigenvalue weighted by Crippen LogP contribution is 2.36. The van der Waals surface area contributed by atoms with Crippen molar-refractivity contribution in [1.82, 2.24) is 15.1 Å². The van der Waals surface area contributed by atoms with Gasteiger partial charge in [-0.05, 0) is 42.5 Å². The van der Waals surface area contributed by atoms with Crippen molar-refractivity contribution >= 4 is 22.6 Å². The number of hydrogen-bond donors (Lipinski definition) is 2. The van der Waals surface area contributed by atoms with Gasteiger partial charge in [0.05, 0.1) is 5.52 Å². The molecular formula is C28H30N4O. The Bertz CT molecular complexity index is 1190. The number of amides is 1. The molecule has 5 rings (SSSR count). The number of carbonyl (C=O) groups excluding carboxylic acids is 1. The van der Waals surface area contributed by atoms with Crippen molar-refractivity contribution in [2.45, 2.75) is 31.1 Å². The van der Waals surface area contributed by atoms with Crippen LogP contribution in [-0.4, -0.2) is 40.6 Å². The molecule has 0 saturated carbocycles. The average molecular weight is 439 g/mol. The number of piperidine rings is 1. The maximum atomic E-state index is 12.9. The first kappa shape index (κ1) is 21.3. The standard InChI is InChI=1S/C28H30N4O/c33-26(16-15-22-9-3-1-4-10-22)32-19-17-28(18-20-32,23-11-5-2-6-12-23)21-29-27-24-13-7-8-14-25(24)30-31-27/h1-14H,15-21H2,(H2,29,30,31). The molecule has 0 unspecified atom stereocenters. The van der Waals surface area contributed by atoms with Crippen LogP contribution in [-0.2, 0) is 16.6 Å². The van der Waals surface area contributed by atoms with Crippen LogP contribution in [0.5, 0.6) is 0 Å². The van der Waals surface area contributed by atoms with E-state index in [0.29, 0.717) is 6.42 Å². The van der Waals surface area contributed by atoms with Crippen LogP contribution in [0.1, 0.15) is 30.4 Å². The zero-order valence-electron chi connectivity index (χ0n) is 18.8. The number of likely N-dealkylation sites (tertiary alicyclic amines) is 1. The Morgan fingerprint density at radius 1 is 0.909 bits per heavy atom. The molecule has 0 bridgehead atoms. The molecule has 168 valence electrons. The van der Waals surface area contributed by atoms with Crippen molar-refractivity contribution in [3.8, 4) is 0 Å². The van der Waals surface area contributed by atoms with Crippen molar-refractivity contribution in [1.29, 1.82) is 0 Å². The van der Waals surface area contributed by atoms with Gasteiger partial charge in [-0.25, -0.2) is 0 Å². The highest BCUT2D eigenvalue weighted by atomic mass is 16.2. The molecule has 1 amide bonds. The molecule has 5 nitrogen and oxygen atoms in total. The molecule has 0 radical (unpaired) electrons. The van der Waals surface area contributed by atoms with E-state index in [1.807, 2.05) is 41.3 Å². The lowest BCUT2D eigenvalue weighted by atomic mass is 9.72. The van der Waals surface area contributed by atoms with Crippen molar-refractivity contribution in [2.75, 3.05) is 25.0 Å². The zero-order chi connectivity index (χ0) is 22.5. The second kappa shape index (κ2) is 9.49. The summed E-state index contributed by atoms with van der Waals surface area (Å²) in [6, 6.07) is 29.2. The normalized spacial score (nSPS) is 15.5. The Kier molecular flexibility index (Phi) is 6.11. The van der Waals surface area contributed by atoms with Gasteiger partial charge in [-0.2, -0.15) is 5.10 Å². The quantitative estimate of drug-likeness (QED) is 0.419. The number of anilines is 1. The molecule has 1 fully saturated rings. The van der Waals surface area contributed by atoms with Crippen molar-refractivity contribution in [3.05, 3.63) is 96.1 Å². The number of fused-ring (bicyclic) bond motifs is 1. The van der Waals surface area contributed by atoms with E-state index in [0.717, 1.165) is 55.6 Å². The molecule has 4 aromatic rings. The third kappa shape index (κ3) is 4.63. The molecule has 0 aliphatic carbocycles. The molecule has 5 heteroatoms.